The number of halogens is 1. The maximum atomic E-state index is 12.3. The summed E-state index contributed by atoms with van der Waals surface area (Å²) in [6, 6.07) is 11.3. The topological polar surface area (TPSA) is 76.2 Å². The number of rotatable bonds is 8. The molecule has 7 nitrogen and oxygen atoms in total. The number of hydrogen-bond acceptors (Lipinski definition) is 6. The van der Waals surface area contributed by atoms with Crippen LogP contribution in [-0.2, 0) is 17.9 Å². The summed E-state index contributed by atoms with van der Waals surface area (Å²) in [4.78, 5) is 14.5. The van der Waals surface area contributed by atoms with E-state index < -0.39 is 0 Å². The first-order valence-corrected chi connectivity index (χ1v) is 10.9. The zero-order valence-corrected chi connectivity index (χ0v) is 17.5. The van der Waals surface area contributed by atoms with E-state index >= 15 is 0 Å². The van der Waals surface area contributed by atoms with Gasteiger partial charge in [0.05, 0.1) is 18.6 Å². The Morgan fingerprint density at radius 3 is 2.83 bits per heavy atom. The molecule has 0 bridgehead atoms. The molecule has 3 aromatic rings. The van der Waals surface area contributed by atoms with Crippen molar-refractivity contribution in [2.75, 3.05) is 23.7 Å². The zero-order valence-electron chi connectivity index (χ0n) is 15.9. The molecule has 1 aliphatic rings. The first-order chi connectivity index (χ1) is 14.2. The summed E-state index contributed by atoms with van der Waals surface area (Å²) >= 11 is 7.36. The van der Waals surface area contributed by atoms with E-state index in [0.29, 0.717) is 23.3 Å². The third-order valence-corrected chi connectivity index (χ3v) is 5.89. The lowest BCUT2D eigenvalue weighted by molar-refractivity contribution is -0.118. The SMILES string of the molecule is O=C(CSc1nnc(N2CCCC2)n1Cc1ccco1)NCc1cccc(Cl)c1. The molecule has 0 spiro atoms. The van der Waals surface area contributed by atoms with Gasteiger partial charge >= 0.3 is 0 Å². The van der Waals surface area contributed by atoms with Crippen LogP contribution in [0.3, 0.4) is 0 Å². The highest BCUT2D eigenvalue weighted by atomic mass is 35.5. The third kappa shape index (κ3) is 5.13. The van der Waals surface area contributed by atoms with Crippen LogP contribution in [0, 0.1) is 0 Å². The van der Waals surface area contributed by atoms with Crippen molar-refractivity contribution in [2.24, 2.45) is 0 Å². The Balaban J connectivity index is 1.40. The van der Waals surface area contributed by atoms with Crippen LogP contribution in [0.4, 0.5) is 5.95 Å². The van der Waals surface area contributed by atoms with Crippen molar-refractivity contribution in [3.05, 3.63) is 59.0 Å². The van der Waals surface area contributed by atoms with E-state index in [-0.39, 0.29) is 11.7 Å². The van der Waals surface area contributed by atoms with Gasteiger partial charge in [0.15, 0.2) is 5.16 Å². The van der Waals surface area contributed by atoms with E-state index in [1.807, 2.05) is 41.0 Å². The summed E-state index contributed by atoms with van der Waals surface area (Å²) < 4.78 is 7.53. The number of aromatic nitrogens is 3. The Bertz CT molecular complexity index is 954. The monoisotopic (exact) mass is 431 g/mol. The molecule has 29 heavy (non-hydrogen) atoms. The van der Waals surface area contributed by atoms with Gasteiger partial charge in [0.2, 0.25) is 11.9 Å². The number of nitrogens with one attached hydrogen (secondary N) is 1. The number of thioether (sulfide) groups is 1. The number of carbonyl (C=O) groups excluding carboxylic acids is 1. The normalized spacial score (nSPS) is 13.8. The summed E-state index contributed by atoms with van der Waals surface area (Å²) in [5, 5.41) is 13.0. The zero-order chi connectivity index (χ0) is 20.1. The molecule has 0 unspecified atom stereocenters. The van der Waals surface area contributed by atoms with Crippen molar-refractivity contribution in [3.63, 3.8) is 0 Å². The van der Waals surface area contributed by atoms with Crippen LogP contribution < -0.4 is 10.2 Å². The number of benzene rings is 1. The Hall–Kier alpha value is -2.45. The van der Waals surface area contributed by atoms with Crippen LogP contribution in [0.1, 0.15) is 24.2 Å². The molecular formula is C20H22ClN5O2S. The summed E-state index contributed by atoms with van der Waals surface area (Å²) in [6.07, 6.45) is 3.97. The average molecular weight is 432 g/mol. The summed E-state index contributed by atoms with van der Waals surface area (Å²) in [7, 11) is 0. The Labute approximate surface area is 178 Å². The van der Waals surface area contributed by atoms with E-state index in [4.69, 9.17) is 16.0 Å². The molecule has 1 amide bonds. The van der Waals surface area contributed by atoms with E-state index in [0.717, 1.165) is 43.2 Å². The number of nitrogens with zero attached hydrogens (tertiary/aromatic N) is 4. The summed E-state index contributed by atoms with van der Waals surface area (Å²) in [5.41, 5.74) is 0.966. The molecular weight excluding hydrogens is 410 g/mol. The minimum atomic E-state index is -0.0646. The maximum absolute atomic E-state index is 12.3. The van der Waals surface area contributed by atoms with Crippen LogP contribution in [0.25, 0.3) is 0 Å². The molecule has 1 aromatic carbocycles. The fourth-order valence-electron chi connectivity index (χ4n) is 3.26. The Morgan fingerprint density at radius 2 is 2.07 bits per heavy atom. The van der Waals surface area contributed by atoms with Gasteiger partial charge in [0.25, 0.3) is 0 Å². The Morgan fingerprint density at radius 1 is 1.21 bits per heavy atom. The minimum absolute atomic E-state index is 0.0646. The van der Waals surface area contributed by atoms with Crippen molar-refractivity contribution in [3.8, 4) is 0 Å². The molecule has 152 valence electrons. The number of hydrogen-bond donors (Lipinski definition) is 1. The van der Waals surface area contributed by atoms with Gasteiger partial charge in [-0.15, -0.1) is 10.2 Å². The van der Waals surface area contributed by atoms with Crippen molar-refractivity contribution < 1.29 is 9.21 Å². The van der Waals surface area contributed by atoms with Crippen LogP contribution in [-0.4, -0.2) is 39.5 Å². The van der Waals surface area contributed by atoms with Crippen LogP contribution in [0.5, 0.6) is 0 Å². The largest absolute Gasteiger partial charge is 0.467 e. The lowest BCUT2D eigenvalue weighted by Gasteiger charge is -2.17. The van der Waals surface area contributed by atoms with Gasteiger partial charge in [0.1, 0.15) is 5.76 Å². The molecule has 0 saturated carbocycles. The van der Waals surface area contributed by atoms with Gasteiger partial charge in [-0.3, -0.25) is 9.36 Å². The fourth-order valence-corrected chi connectivity index (χ4v) is 4.24. The van der Waals surface area contributed by atoms with Crippen LogP contribution >= 0.6 is 23.4 Å². The summed E-state index contributed by atoms with van der Waals surface area (Å²) in [6.45, 7) is 2.93. The van der Waals surface area contributed by atoms with E-state index in [9.17, 15) is 4.79 Å². The smallest absolute Gasteiger partial charge is 0.230 e. The molecule has 0 atom stereocenters. The molecule has 2 aromatic heterocycles. The summed E-state index contributed by atoms with van der Waals surface area (Å²) in [5.74, 6) is 1.86. The molecule has 0 aliphatic carbocycles. The quantitative estimate of drug-likeness (QED) is 0.549. The maximum Gasteiger partial charge on any atom is 0.230 e. The second kappa shape index (κ2) is 9.37. The highest BCUT2D eigenvalue weighted by molar-refractivity contribution is 7.99. The number of carbonyl (C=O) groups is 1. The molecule has 3 heterocycles. The average Bonchev–Trinajstić information content (AvgIpc) is 3.47. The molecule has 4 rings (SSSR count). The first kappa shape index (κ1) is 19.8. The number of amides is 1. The molecule has 0 radical (unpaired) electrons. The van der Waals surface area contributed by atoms with Gasteiger partial charge in [-0.05, 0) is 42.7 Å². The fraction of sp³-hybridized carbons (Fsp3) is 0.350. The van der Waals surface area contributed by atoms with Crippen LogP contribution in [0.15, 0.2) is 52.2 Å². The van der Waals surface area contributed by atoms with Gasteiger partial charge in [-0.25, -0.2) is 0 Å². The molecule has 9 heteroatoms. The Kier molecular flexibility index (Phi) is 6.41. The molecule has 1 aliphatic heterocycles. The van der Waals surface area contributed by atoms with Crippen LogP contribution in [0.2, 0.25) is 5.02 Å². The lowest BCUT2D eigenvalue weighted by atomic mass is 10.2. The van der Waals surface area contributed by atoms with Crippen molar-refractivity contribution >= 4 is 35.2 Å². The standard InChI is InChI=1S/C20H22ClN5O2S/c21-16-6-3-5-15(11-16)12-22-18(27)14-29-20-24-23-19(25-8-1-2-9-25)26(20)13-17-7-4-10-28-17/h3-7,10-11H,1-2,8-9,12-14H2,(H,22,27). The highest BCUT2D eigenvalue weighted by Crippen LogP contribution is 2.26. The van der Waals surface area contributed by atoms with Crippen molar-refractivity contribution in [2.45, 2.75) is 31.1 Å². The van der Waals surface area contributed by atoms with E-state index in [1.165, 1.54) is 11.8 Å². The third-order valence-electron chi connectivity index (χ3n) is 4.69. The predicted octanol–water partition coefficient (Wildman–Crippen LogP) is 3.58. The van der Waals surface area contributed by atoms with Gasteiger partial charge in [0, 0.05) is 24.7 Å². The molecule has 1 saturated heterocycles. The number of anilines is 1. The van der Waals surface area contributed by atoms with Crippen molar-refractivity contribution in [1.29, 1.82) is 0 Å². The van der Waals surface area contributed by atoms with E-state index in [2.05, 4.69) is 20.4 Å². The number of furan rings is 1. The second-order valence-electron chi connectivity index (χ2n) is 6.84. The molecule has 1 fully saturated rings. The van der Waals surface area contributed by atoms with E-state index in [1.54, 1.807) is 6.26 Å². The predicted molar refractivity (Wildman–Crippen MR) is 113 cm³/mol. The highest BCUT2D eigenvalue weighted by Gasteiger charge is 2.22. The first-order valence-electron chi connectivity index (χ1n) is 9.53. The van der Waals surface area contributed by atoms with Crippen molar-refractivity contribution in [1.82, 2.24) is 20.1 Å². The molecule has 1 N–H and O–H groups in total. The minimum Gasteiger partial charge on any atom is -0.467 e. The van der Waals surface area contributed by atoms with Gasteiger partial charge in [-0.1, -0.05) is 35.5 Å². The second-order valence-corrected chi connectivity index (χ2v) is 8.22. The van der Waals surface area contributed by atoms with Gasteiger partial charge < -0.3 is 14.6 Å². The lowest BCUT2D eigenvalue weighted by Crippen LogP contribution is -2.25. The van der Waals surface area contributed by atoms with Gasteiger partial charge in [-0.2, -0.15) is 0 Å².